The van der Waals surface area contributed by atoms with E-state index in [0.717, 1.165) is 6.07 Å². The summed E-state index contributed by atoms with van der Waals surface area (Å²) < 4.78 is 23.1. The minimum Gasteiger partial charge on any atom is -0.496 e. The third-order valence-electron chi connectivity index (χ3n) is 2.16. The van der Waals surface area contributed by atoms with Gasteiger partial charge in [-0.25, -0.2) is 4.39 Å². The first-order valence-corrected chi connectivity index (χ1v) is 4.73. The highest BCUT2D eigenvalue weighted by Gasteiger charge is 2.12. The van der Waals surface area contributed by atoms with Crippen LogP contribution in [0.15, 0.2) is 17.8 Å². The van der Waals surface area contributed by atoms with E-state index in [1.807, 2.05) is 0 Å². The molecule has 1 rings (SSSR count). The van der Waals surface area contributed by atoms with E-state index in [-0.39, 0.29) is 17.2 Å². The average Bonchev–Trinajstić information content (AvgIpc) is 2.30. The molecule has 0 amide bonds. The Kier molecular flexibility index (Phi) is 4.03. The quantitative estimate of drug-likeness (QED) is 0.600. The second kappa shape index (κ2) is 5.29. The Morgan fingerprint density at radius 2 is 1.94 bits per heavy atom. The van der Waals surface area contributed by atoms with E-state index < -0.39 is 10.7 Å². The number of halogens is 1. The molecule has 0 atom stereocenters. The van der Waals surface area contributed by atoms with Crippen LogP contribution in [-0.4, -0.2) is 19.1 Å². The maximum absolute atomic E-state index is 13.4. The molecule has 92 valence electrons. The summed E-state index contributed by atoms with van der Waals surface area (Å²) in [5.41, 5.74) is 0.317. The zero-order chi connectivity index (χ0) is 13.0. The molecule has 0 aliphatic heterocycles. The fourth-order valence-electron chi connectivity index (χ4n) is 1.27. The third kappa shape index (κ3) is 2.93. The summed E-state index contributed by atoms with van der Waals surface area (Å²) in [7, 11) is 2.68. The van der Waals surface area contributed by atoms with Crippen LogP contribution in [0.25, 0.3) is 6.08 Å². The molecule has 1 aromatic carbocycles. The summed E-state index contributed by atoms with van der Waals surface area (Å²) in [5, 5.41) is 10.5. The smallest absolute Gasteiger partial charge is 0.243 e. The van der Waals surface area contributed by atoms with Gasteiger partial charge < -0.3 is 9.47 Å². The van der Waals surface area contributed by atoms with E-state index in [4.69, 9.17) is 9.47 Å². The third-order valence-corrected chi connectivity index (χ3v) is 2.16. The van der Waals surface area contributed by atoms with E-state index in [2.05, 4.69) is 0 Å². The number of methoxy groups -OCH3 is 2. The van der Waals surface area contributed by atoms with Crippen molar-refractivity contribution in [1.82, 2.24) is 0 Å². The number of hydrogen-bond acceptors (Lipinski definition) is 4. The van der Waals surface area contributed by atoms with Gasteiger partial charge in [0.1, 0.15) is 5.75 Å². The van der Waals surface area contributed by atoms with E-state index in [0.29, 0.717) is 5.56 Å². The van der Waals surface area contributed by atoms with Crippen LogP contribution in [0, 0.1) is 15.9 Å². The van der Waals surface area contributed by atoms with Crippen molar-refractivity contribution in [1.29, 1.82) is 0 Å². The number of nitro groups is 1. The van der Waals surface area contributed by atoms with Crippen LogP contribution in [0.5, 0.6) is 11.5 Å². The molecule has 1 aromatic rings. The van der Waals surface area contributed by atoms with Crippen molar-refractivity contribution in [3.05, 3.63) is 39.3 Å². The van der Waals surface area contributed by atoms with Crippen molar-refractivity contribution in [2.45, 2.75) is 6.92 Å². The predicted molar refractivity (Wildman–Crippen MR) is 60.1 cm³/mol. The molecule has 0 aliphatic rings. The Morgan fingerprint density at radius 1 is 1.35 bits per heavy atom. The van der Waals surface area contributed by atoms with Gasteiger partial charge in [0.15, 0.2) is 11.6 Å². The van der Waals surface area contributed by atoms with Crippen LogP contribution in [0.4, 0.5) is 4.39 Å². The highest BCUT2D eigenvalue weighted by atomic mass is 19.1. The molecule has 0 N–H and O–H groups in total. The van der Waals surface area contributed by atoms with Crippen molar-refractivity contribution in [2.24, 2.45) is 0 Å². The molecular formula is C11H12FNO4. The Hall–Kier alpha value is -2.11. The lowest BCUT2D eigenvalue weighted by Gasteiger charge is -2.08. The van der Waals surface area contributed by atoms with Gasteiger partial charge in [-0.15, -0.1) is 0 Å². The highest BCUT2D eigenvalue weighted by molar-refractivity contribution is 5.60. The van der Waals surface area contributed by atoms with Crippen molar-refractivity contribution in [2.75, 3.05) is 14.2 Å². The standard InChI is InChI=1S/C11H12FNO4/c1-7(13(14)15)4-8-5-11(17-3)9(12)6-10(8)16-2/h4-6H,1-3H3/b7-4+. The van der Waals surface area contributed by atoms with Crippen LogP contribution < -0.4 is 9.47 Å². The molecule has 0 bridgehead atoms. The molecular weight excluding hydrogens is 229 g/mol. The normalized spacial score (nSPS) is 11.2. The van der Waals surface area contributed by atoms with Crippen molar-refractivity contribution in [3.63, 3.8) is 0 Å². The van der Waals surface area contributed by atoms with Gasteiger partial charge in [-0.1, -0.05) is 0 Å². The molecule has 0 heterocycles. The van der Waals surface area contributed by atoms with Gasteiger partial charge in [0.2, 0.25) is 5.70 Å². The Morgan fingerprint density at radius 3 is 2.41 bits per heavy atom. The van der Waals surface area contributed by atoms with Gasteiger partial charge in [0, 0.05) is 24.6 Å². The van der Waals surface area contributed by atoms with E-state index in [1.54, 1.807) is 0 Å². The van der Waals surface area contributed by atoms with Gasteiger partial charge >= 0.3 is 0 Å². The van der Waals surface area contributed by atoms with Crippen LogP contribution >= 0.6 is 0 Å². The molecule has 0 spiro atoms. The monoisotopic (exact) mass is 241 g/mol. The molecule has 0 fully saturated rings. The fraction of sp³-hybridized carbons (Fsp3) is 0.273. The number of hydrogen-bond donors (Lipinski definition) is 0. The van der Waals surface area contributed by atoms with Gasteiger partial charge in [-0.3, -0.25) is 10.1 Å². The molecule has 0 saturated carbocycles. The SMILES string of the molecule is COc1cc(/C=C(\C)[N+](=O)[O-])c(OC)cc1F. The summed E-state index contributed by atoms with van der Waals surface area (Å²) in [6.45, 7) is 1.34. The summed E-state index contributed by atoms with van der Waals surface area (Å²) in [6, 6.07) is 2.47. The van der Waals surface area contributed by atoms with E-state index >= 15 is 0 Å². The van der Waals surface area contributed by atoms with Crippen molar-refractivity contribution < 1.29 is 18.8 Å². The Labute approximate surface area is 97.6 Å². The summed E-state index contributed by atoms with van der Waals surface area (Å²) in [5.74, 6) is -0.363. The Balaban J connectivity index is 3.31. The lowest BCUT2D eigenvalue weighted by Crippen LogP contribution is -1.96. The predicted octanol–water partition coefficient (Wildman–Crippen LogP) is 2.48. The molecule has 0 aliphatic carbocycles. The van der Waals surface area contributed by atoms with Crippen molar-refractivity contribution in [3.8, 4) is 11.5 Å². The van der Waals surface area contributed by atoms with Crippen molar-refractivity contribution >= 4 is 6.08 Å². The number of allylic oxidation sites excluding steroid dienone is 1. The van der Waals surface area contributed by atoms with Gasteiger partial charge in [0.25, 0.3) is 0 Å². The van der Waals surface area contributed by atoms with Gasteiger partial charge in [-0.05, 0) is 6.07 Å². The largest absolute Gasteiger partial charge is 0.496 e. The first-order chi connectivity index (χ1) is 7.99. The second-order valence-corrected chi connectivity index (χ2v) is 3.27. The highest BCUT2D eigenvalue weighted by Crippen LogP contribution is 2.29. The van der Waals surface area contributed by atoms with Crippen LogP contribution in [0.3, 0.4) is 0 Å². The van der Waals surface area contributed by atoms with Crippen LogP contribution in [0.2, 0.25) is 0 Å². The molecule has 5 nitrogen and oxygen atoms in total. The summed E-state index contributed by atoms with van der Waals surface area (Å²) in [6.07, 6.45) is 1.29. The number of ether oxygens (including phenoxy) is 2. The van der Waals surface area contributed by atoms with Crippen LogP contribution in [-0.2, 0) is 0 Å². The van der Waals surface area contributed by atoms with E-state index in [9.17, 15) is 14.5 Å². The topological polar surface area (TPSA) is 61.6 Å². The van der Waals surface area contributed by atoms with Gasteiger partial charge in [-0.2, -0.15) is 0 Å². The number of rotatable bonds is 4. The molecule has 17 heavy (non-hydrogen) atoms. The second-order valence-electron chi connectivity index (χ2n) is 3.27. The number of benzene rings is 1. The molecule has 0 aromatic heterocycles. The van der Waals surface area contributed by atoms with Gasteiger partial charge in [0.05, 0.1) is 19.1 Å². The molecule has 0 radical (unpaired) electrons. The molecule has 6 heteroatoms. The molecule has 0 saturated heterocycles. The first kappa shape index (κ1) is 13.0. The average molecular weight is 241 g/mol. The minimum absolute atomic E-state index is 0.00759. The Bertz CT molecular complexity index is 471. The minimum atomic E-state index is -0.583. The zero-order valence-corrected chi connectivity index (χ0v) is 9.69. The number of nitrogens with zero attached hydrogens (tertiary/aromatic N) is 1. The summed E-state index contributed by atoms with van der Waals surface area (Å²) in [4.78, 5) is 9.98. The summed E-state index contributed by atoms with van der Waals surface area (Å²) >= 11 is 0. The van der Waals surface area contributed by atoms with Crippen LogP contribution in [0.1, 0.15) is 12.5 Å². The maximum atomic E-state index is 13.4. The zero-order valence-electron chi connectivity index (χ0n) is 9.69. The maximum Gasteiger partial charge on any atom is 0.243 e. The lowest BCUT2D eigenvalue weighted by molar-refractivity contribution is -0.422. The lowest BCUT2D eigenvalue weighted by atomic mass is 10.1. The van der Waals surface area contributed by atoms with E-state index in [1.165, 1.54) is 33.3 Å². The first-order valence-electron chi connectivity index (χ1n) is 4.73. The fourth-order valence-corrected chi connectivity index (χ4v) is 1.27. The molecule has 0 unspecified atom stereocenters.